The van der Waals surface area contributed by atoms with Crippen LogP contribution in [-0.2, 0) is 0 Å². The molecule has 0 atom stereocenters. The molecule has 15 heavy (non-hydrogen) atoms. The molecule has 1 heterocycles. The highest BCUT2D eigenvalue weighted by Crippen LogP contribution is 2.33. The molecule has 0 bridgehead atoms. The molecule has 0 aliphatic carbocycles. The second-order valence-electron chi connectivity index (χ2n) is 3.31. The maximum atomic E-state index is 10.9. The lowest BCUT2D eigenvalue weighted by atomic mass is 10.0. The van der Waals surface area contributed by atoms with Crippen LogP contribution in [0.15, 0.2) is 30.3 Å². The molecule has 3 heteroatoms. The Balaban J connectivity index is 2.59. The van der Waals surface area contributed by atoms with E-state index in [2.05, 4.69) is 0 Å². The van der Waals surface area contributed by atoms with Gasteiger partial charge in [0.25, 0.3) is 0 Å². The van der Waals surface area contributed by atoms with Gasteiger partial charge in [0, 0.05) is 16.0 Å². The Bertz CT molecular complexity index is 502. The average molecular weight is 237 g/mol. The van der Waals surface area contributed by atoms with Gasteiger partial charge in [-0.15, -0.1) is 11.3 Å². The van der Waals surface area contributed by atoms with Gasteiger partial charge in [-0.25, -0.2) is 0 Å². The molecule has 76 valence electrons. The van der Waals surface area contributed by atoms with Crippen LogP contribution in [0.1, 0.15) is 15.9 Å². The first kappa shape index (κ1) is 10.4. The van der Waals surface area contributed by atoms with Crippen LogP contribution in [0.4, 0.5) is 0 Å². The number of hydrogen-bond donors (Lipinski definition) is 0. The van der Waals surface area contributed by atoms with Crippen molar-refractivity contribution in [1.29, 1.82) is 0 Å². The third-order valence-electron chi connectivity index (χ3n) is 2.17. The molecule has 0 N–H and O–H groups in total. The van der Waals surface area contributed by atoms with E-state index in [4.69, 9.17) is 11.6 Å². The Kier molecular flexibility index (Phi) is 2.89. The first-order valence-electron chi connectivity index (χ1n) is 4.52. The van der Waals surface area contributed by atoms with Gasteiger partial charge in [-0.2, -0.15) is 0 Å². The summed E-state index contributed by atoms with van der Waals surface area (Å²) >= 11 is 7.36. The number of carbonyl (C=O) groups is 1. The lowest BCUT2D eigenvalue weighted by Gasteiger charge is -2.03. The molecule has 0 aliphatic heterocycles. The summed E-state index contributed by atoms with van der Waals surface area (Å²) in [6.07, 6.45) is 0.877. The first-order chi connectivity index (χ1) is 7.20. The van der Waals surface area contributed by atoms with Crippen LogP contribution in [0.3, 0.4) is 0 Å². The summed E-state index contributed by atoms with van der Waals surface area (Å²) < 4.78 is 0.739. The molecule has 0 aliphatic rings. The summed E-state index contributed by atoms with van der Waals surface area (Å²) in [6.45, 7) is 2.01. The zero-order chi connectivity index (χ0) is 10.8. The van der Waals surface area contributed by atoms with Gasteiger partial charge in [-0.3, -0.25) is 4.79 Å². The number of carbonyl (C=O) groups excluding carboxylic acids is 1. The molecule has 1 aromatic heterocycles. The number of halogens is 1. The highest BCUT2D eigenvalue weighted by molar-refractivity contribution is 7.19. The van der Waals surface area contributed by atoms with Crippen LogP contribution in [0.25, 0.3) is 10.4 Å². The van der Waals surface area contributed by atoms with Crippen LogP contribution < -0.4 is 0 Å². The number of benzene rings is 1. The van der Waals surface area contributed by atoms with Gasteiger partial charge >= 0.3 is 0 Å². The van der Waals surface area contributed by atoms with Crippen molar-refractivity contribution in [3.05, 3.63) is 45.8 Å². The summed E-state index contributed by atoms with van der Waals surface area (Å²) in [5.41, 5.74) is 2.81. The molecule has 0 saturated heterocycles. The van der Waals surface area contributed by atoms with Crippen molar-refractivity contribution >= 4 is 29.2 Å². The quantitative estimate of drug-likeness (QED) is 0.715. The fourth-order valence-corrected chi connectivity index (χ4v) is 2.53. The molecule has 0 fully saturated rings. The zero-order valence-electron chi connectivity index (χ0n) is 8.16. The first-order valence-corrected chi connectivity index (χ1v) is 5.71. The average Bonchev–Trinajstić information content (AvgIpc) is 2.65. The molecule has 0 amide bonds. The van der Waals surface area contributed by atoms with E-state index in [0.717, 1.165) is 26.6 Å². The Morgan fingerprint density at radius 1 is 1.27 bits per heavy atom. The second-order valence-corrected chi connectivity index (χ2v) is 5.03. The van der Waals surface area contributed by atoms with Crippen LogP contribution in [0, 0.1) is 6.92 Å². The maximum Gasteiger partial charge on any atom is 0.150 e. The molecule has 1 nitrogen and oxygen atoms in total. The third kappa shape index (κ3) is 2.11. The topological polar surface area (TPSA) is 17.1 Å². The van der Waals surface area contributed by atoms with Gasteiger partial charge < -0.3 is 0 Å². The van der Waals surface area contributed by atoms with Crippen LogP contribution in [-0.4, -0.2) is 6.29 Å². The smallest absolute Gasteiger partial charge is 0.150 e. The minimum Gasteiger partial charge on any atom is -0.298 e. The van der Waals surface area contributed by atoms with E-state index in [9.17, 15) is 4.79 Å². The second kappa shape index (κ2) is 4.17. The van der Waals surface area contributed by atoms with Crippen molar-refractivity contribution < 1.29 is 4.79 Å². The number of aldehydes is 1. The van der Waals surface area contributed by atoms with E-state index in [0.29, 0.717) is 5.56 Å². The predicted molar refractivity (Wildman–Crippen MR) is 64.9 cm³/mol. The summed E-state index contributed by atoms with van der Waals surface area (Å²) in [5, 5.41) is 0. The fraction of sp³-hybridized carbons (Fsp3) is 0.0833. The third-order valence-corrected chi connectivity index (χ3v) is 3.44. The molecular weight excluding hydrogens is 228 g/mol. The standard InChI is InChI=1S/C12H9ClOS/c1-8-2-3-9(7-14)10(6-8)11-4-5-12(13)15-11/h2-7H,1H3. The number of rotatable bonds is 2. The Morgan fingerprint density at radius 3 is 2.67 bits per heavy atom. The molecule has 0 radical (unpaired) electrons. The summed E-state index contributed by atoms with van der Waals surface area (Å²) in [6, 6.07) is 9.56. The van der Waals surface area contributed by atoms with Gasteiger partial charge in [0.2, 0.25) is 0 Å². The zero-order valence-corrected chi connectivity index (χ0v) is 9.73. The van der Waals surface area contributed by atoms with Crippen molar-refractivity contribution in [3.63, 3.8) is 0 Å². The summed E-state index contributed by atoms with van der Waals surface area (Å²) in [7, 11) is 0. The molecule has 2 aromatic rings. The van der Waals surface area contributed by atoms with Crippen molar-refractivity contribution in [2.45, 2.75) is 6.92 Å². The minimum atomic E-state index is 0.708. The molecule has 2 rings (SSSR count). The number of thiophene rings is 1. The lowest BCUT2D eigenvalue weighted by molar-refractivity contribution is 0.112. The Labute approximate surface area is 97.3 Å². The van der Waals surface area contributed by atoms with Gasteiger partial charge in [-0.05, 0) is 25.1 Å². The van der Waals surface area contributed by atoms with Gasteiger partial charge in [-0.1, -0.05) is 29.3 Å². The van der Waals surface area contributed by atoms with E-state index >= 15 is 0 Å². The molecular formula is C12H9ClOS. The van der Waals surface area contributed by atoms with Crippen molar-refractivity contribution in [2.24, 2.45) is 0 Å². The van der Waals surface area contributed by atoms with Crippen LogP contribution in [0.5, 0.6) is 0 Å². The Hall–Kier alpha value is -1.12. The predicted octanol–water partition coefficient (Wildman–Crippen LogP) is 4.19. The highest BCUT2D eigenvalue weighted by atomic mass is 35.5. The van der Waals surface area contributed by atoms with Gasteiger partial charge in [0.15, 0.2) is 6.29 Å². The summed E-state index contributed by atoms with van der Waals surface area (Å²) in [5.74, 6) is 0. The largest absolute Gasteiger partial charge is 0.298 e. The van der Waals surface area contributed by atoms with E-state index in [1.54, 1.807) is 0 Å². The van der Waals surface area contributed by atoms with E-state index in [1.165, 1.54) is 11.3 Å². The Morgan fingerprint density at radius 2 is 2.07 bits per heavy atom. The number of hydrogen-bond acceptors (Lipinski definition) is 2. The monoisotopic (exact) mass is 236 g/mol. The van der Waals surface area contributed by atoms with Crippen molar-refractivity contribution in [1.82, 2.24) is 0 Å². The van der Waals surface area contributed by atoms with E-state index in [1.807, 2.05) is 37.3 Å². The SMILES string of the molecule is Cc1ccc(C=O)c(-c2ccc(Cl)s2)c1. The van der Waals surface area contributed by atoms with Crippen molar-refractivity contribution in [3.8, 4) is 10.4 Å². The van der Waals surface area contributed by atoms with Gasteiger partial charge in [0.05, 0.1) is 4.34 Å². The minimum absolute atomic E-state index is 0.708. The van der Waals surface area contributed by atoms with Crippen LogP contribution in [0.2, 0.25) is 4.34 Å². The lowest BCUT2D eigenvalue weighted by Crippen LogP contribution is -1.86. The molecule has 0 saturated carbocycles. The highest BCUT2D eigenvalue weighted by Gasteiger charge is 2.07. The molecule has 0 unspecified atom stereocenters. The van der Waals surface area contributed by atoms with Gasteiger partial charge in [0.1, 0.15) is 0 Å². The van der Waals surface area contributed by atoms with Crippen molar-refractivity contribution in [2.75, 3.05) is 0 Å². The van der Waals surface area contributed by atoms with E-state index < -0.39 is 0 Å². The van der Waals surface area contributed by atoms with E-state index in [-0.39, 0.29) is 0 Å². The molecule has 1 aromatic carbocycles. The molecule has 0 spiro atoms. The van der Waals surface area contributed by atoms with Crippen LogP contribution >= 0.6 is 22.9 Å². The summed E-state index contributed by atoms with van der Waals surface area (Å²) in [4.78, 5) is 11.9. The maximum absolute atomic E-state index is 10.9. The fourth-order valence-electron chi connectivity index (χ4n) is 1.45. The normalized spacial score (nSPS) is 10.3. The number of aryl methyl sites for hydroxylation is 1.